The van der Waals surface area contributed by atoms with Gasteiger partial charge in [0.1, 0.15) is 17.8 Å². The normalized spacial score (nSPS) is 10.9. The van der Waals surface area contributed by atoms with Crippen LogP contribution in [0.15, 0.2) is 18.6 Å². The predicted octanol–water partition coefficient (Wildman–Crippen LogP) is 1.47. The molecule has 15 heavy (non-hydrogen) atoms. The van der Waals surface area contributed by atoms with Gasteiger partial charge in [-0.3, -0.25) is 0 Å². The number of nitrogen functional groups attached to an aromatic ring is 1. The second-order valence-electron chi connectivity index (χ2n) is 2.99. The van der Waals surface area contributed by atoms with Crippen molar-refractivity contribution in [2.75, 3.05) is 5.73 Å². The van der Waals surface area contributed by atoms with Crippen LogP contribution in [-0.2, 0) is 0 Å². The van der Waals surface area contributed by atoms with Crippen LogP contribution in [0, 0.1) is 11.3 Å². The molecule has 2 heterocycles. The number of H-pyrrole nitrogens is 1. The zero-order valence-electron chi connectivity index (χ0n) is 7.94. The molecule has 0 aromatic carbocycles. The quantitative estimate of drug-likeness (QED) is 0.766. The van der Waals surface area contributed by atoms with Crippen molar-refractivity contribution in [2.24, 2.45) is 0 Å². The Labute approximate surface area is 86.3 Å². The molecule has 2 aromatic rings. The van der Waals surface area contributed by atoms with Gasteiger partial charge in [-0.25, -0.2) is 9.97 Å². The number of aromatic amines is 1. The highest BCUT2D eigenvalue weighted by atomic mass is 15.0. The van der Waals surface area contributed by atoms with Crippen LogP contribution in [0.5, 0.6) is 0 Å². The van der Waals surface area contributed by atoms with Crippen LogP contribution in [0.1, 0.15) is 12.0 Å². The van der Waals surface area contributed by atoms with Crippen molar-refractivity contribution < 1.29 is 0 Å². The highest BCUT2D eigenvalue weighted by molar-refractivity contribution is 5.93. The number of hydrogen-bond donors (Lipinski definition) is 2. The fourth-order valence-electron chi connectivity index (χ4n) is 1.38. The number of nitrogens with one attached hydrogen (secondary N) is 1. The van der Waals surface area contributed by atoms with Crippen LogP contribution in [0.2, 0.25) is 0 Å². The van der Waals surface area contributed by atoms with Gasteiger partial charge in [-0.1, -0.05) is 12.2 Å². The maximum absolute atomic E-state index is 8.40. The molecule has 5 heteroatoms. The lowest BCUT2D eigenvalue weighted by Gasteiger charge is -1.94. The average Bonchev–Trinajstić information content (AvgIpc) is 2.63. The van der Waals surface area contributed by atoms with Gasteiger partial charge in [0.2, 0.25) is 0 Å². The van der Waals surface area contributed by atoms with Crippen molar-refractivity contribution >= 4 is 22.9 Å². The Kier molecular flexibility index (Phi) is 2.33. The summed E-state index contributed by atoms with van der Waals surface area (Å²) in [7, 11) is 0. The van der Waals surface area contributed by atoms with E-state index >= 15 is 0 Å². The molecule has 0 aliphatic rings. The Morgan fingerprint density at radius 3 is 3.20 bits per heavy atom. The molecule has 0 bridgehead atoms. The van der Waals surface area contributed by atoms with E-state index in [-0.39, 0.29) is 0 Å². The largest absolute Gasteiger partial charge is 0.383 e. The Morgan fingerprint density at radius 1 is 1.53 bits per heavy atom. The van der Waals surface area contributed by atoms with Crippen LogP contribution >= 0.6 is 0 Å². The molecular weight excluding hydrogens is 190 g/mol. The highest BCUT2D eigenvalue weighted by Gasteiger charge is 2.05. The van der Waals surface area contributed by atoms with Gasteiger partial charge in [0.15, 0.2) is 0 Å². The number of anilines is 1. The highest BCUT2D eigenvalue weighted by Crippen LogP contribution is 2.21. The molecule has 0 aliphatic carbocycles. The summed E-state index contributed by atoms with van der Waals surface area (Å²) < 4.78 is 0. The zero-order valence-corrected chi connectivity index (χ0v) is 7.94. The summed E-state index contributed by atoms with van der Waals surface area (Å²) in [6.07, 6.45) is 7.19. The molecule has 74 valence electrons. The van der Waals surface area contributed by atoms with Crippen LogP contribution < -0.4 is 5.73 Å². The first-order valence-electron chi connectivity index (χ1n) is 4.44. The van der Waals surface area contributed by atoms with Crippen LogP contribution in [0.25, 0.3) is 17.1 Å². The molecule has 2 aromatic heterocycles. The minimum atomic E-state index is 0.375. The van der Waals surface area contributed by atoms with Gasteiger partial charge in [0.25, 0.3) is 0 Å². The summed E-state index contributed by atoms with van der Waals surface area (Å²) in [4.78, 5) is 11.0. The number of aromatic nitrogens is 3. The van der Waals surface area contributed by atoms with Crippen molar-refractivity contribution in [2.45, 2.75) is 6.42 Å². The van der Waals surface area contributed by atoms with Crippen molar-refractivity contribution in [1.82, 2.24) is 15.0 Å². The molecule has 0 spiro atoms. The summed E-state index contributed by atoms with van der Waals surface area (Å²) in [5.74, 6) is 0.442. The number of allylic oxidation sites excluding steroid dienone is 1. The summed E-state index contributed by atoms with van der Waals surface area (Å²) in [6, 6.07) is 2.03. The number of nitriles is 1. The van der Waals surface area contributed by atoms with E-state index in [1.54, 1.807) is 12.3 Å². The van der Waals surface area contributed by atoms with Gasteiger partial charge in [-0.15, -0.1) is 0 Å². The third-order valence-corrected chi connectivity index (χ3v) is 2.04. The summed E-state index contributed by atoms with van der Waals surface area (Å²) in [6.45, 7) is 0. The molecular formula is C10H9N5. The molecule has 3 N–H and O–H groups in total. The molecule has 0 saturated heterocycles. The SMILES string of the molecule is N#CCC=Cc1c[nH]c2ncnc(N)c12. The minimum absolute atomic E-state index is 0.375. The first-order valence-corrected chi connectivity index (χ1v) is 4.44. The smallest absolute Gasteiger partial charge is 0.143 e. The monoisotopic (exact) mass is 199 g/mol. The number of nitrogens with two attached hydrogens (primary N) is 1. The average molecular weight is 199 g/mol. The van der Waals surface area contributed by atoms with Crippen LogP contribution in [0.3, 0.4) is 0 Å². The lowest BCUT2D eigenvalue weighted by Crippen LogP contribution is -1.92. The molecule has 0 amide bonds. The lowest BCUT2D eigenvalue weighted by atomic mass is 10.2. The summed E-state index contributed by atoms with van der Waals surface area (Å²) in [5.41, 5.74) is 7.34. The third kappa shape index (κ3) is 1.65. The molecule has 0 radical (unpaired) electrons. The number of hydrogen-bond acceptors (Lipinski definition) is 4. The lowest BCUT2D eigenvalue weighted by molar-refractivity contribution is 1.21. The maximum Gasteiger partial charge on any atom is 0.143 e. The number of nitrogens with zero attached hydrogens (tertiary/aromatic N) is 3. The Hall–Kier alpha value is -2.35. The van der Waals surface area contributed by atoms with Crippen LogP contribution in [-0.4, -0.2) is 15.0 Å². The molecule has 0 atom stereocenters. The second-order valence-corrected chi connectivity index (χ2v) is 2.99. The Morgan fingerprint density at radius 2 is 2.40 bits per heavy atom. The molecule has 5 nitrogen and oxygen atoms in total. The van der Waals surface area contributed by atoms with E-state index in [4.69, 9.17) is 11.0 Å². The van der Waals surface area contributed by atoms with Gasteiger partial charge >= 0.3 is 0 Å². The van der Waals surface area contributed by atoms with Gasteiger partial charge in [0.05, 0.1) is 17.9 Å². The number of fused-ring (bicyclic) bond motifs is 1. The Balaban J connectivity index is 2.49. The predicted molar refractivity (Wildman–Crippen MR) is 57.6 cm³/mol. The van der Waals surface area contributed by atoms with E-state index in [1.807, 2.05) is 12.1 Å². The third-order valence-electron chi connectivity index (χ3n) is 2.04. The van der Waals surface area contributed by atoms with E-state index < -0.39 is 0 Å². The fraction of sp³-hybridized carbons (Fsp3) is 0.100. The first kappa shape index (κ1) is 9.21. The summed E-state index contributed by atoms with van der Waals surface area (Å²) in [5, 5.41) is 9.20. The molecule has 0 aliphatic heterocycles. The standard InChI is InChI=1S/C10H9N5/c11-4-2-1-3-7-5-13-10-8(7)9(12)14-6-15-10/h1,3,5-6H,2H2,(H3,12,13,14,15). The van der Waals surface area contributed by atoms with Gasteiger partial charge in [0, 0.05) is 11.8 Å². The molecule has 0 saturated carbocycles. The maximum atomic E-state index is 8.40. The first-order chi connectivity index (χ1) is 7.33. The fourth-order valence-corrected chi connectivity index (χ4v) is 1.38. The van der Waals surface area contributed by atoms with E-state index in [1.165, 1.54) is 6.33 Å². The van der Waals surface area contributed by atoms with E-state index in [2.05, 4.69) is 15.0 Å². The van der Waals surface area contributed by atoms with E-state index in [0.717, 1.165) is 10.9 Å². The Bertz CT molecular complexity index is 546. The van der Waals surface area contributed by atoms with Crippen molar-refractivity contribution in [3.63, 3.8) is 0 Å². The van der Waals surface area contributed by atoms with Crippen LogP contribution in [0.4, 0.5) is 5.82 Å². The summed E-state index contributed by atoms with van der Waals surface area (Å²) >= 11 is 0. The molecule has 2 rings (SSSR count). The van der Waals surface area contributed by atoms with Crippen molar-refractivity contribution in [3.05, 3.63) is 24.2 Å². The van der Waals surface area contributed by atoms with Crippen molar-refractivity contribution in [3.8, 4) is 6.07 Å². The number of rotatable bonds is 2. The van der Waals surface area contributed by atoms with Gasteiger partial charge < -0.3 is 10.7 Å². The molecule has 0 fully saturated rings. The van der Waals surface area contributed by atoms with Gasteiger partial charge in [-0.05, 0) is 0 Å². The van der Waals surface area contributed by atoms with Crippen molar-refractivity contribution in [1.29, 1.82) is 5.26 Å². The van der Waals surface area contributed by atoms with Gasteiger partial charge in [-0.2, -0.15) is 5.26 Å². The molecule has 0 unspecified atom stereocenters. The van der Waals surface area contributed by atoms with E-state index in [0.29, 0.717) is 17.9 Å². The topological polar surface area (TPSA) is 91.4 Å². The van der Waals surface area contributed by atoms with E-state index in [9.17, 15) is 0 Å². The second kappa shape index (κ2) is 3.80. The zero-order chi connectivity index (χ0) is 10.7. The minimum Gasteiger partial charge on any atom is -0.383 e.